The van der Waals surface area contributed by atoms with Gasteiger partial charge in [-0.15, -0.1) is 0 Å². The molecule has 74 valence electrons. The first kappa shape index (κ1) is 10.1. The lowest BCUT2D eigenvalue weighted by Crippen LogP contribution is -2.17. The van der Waals surface area contributed by atoms with E-state index in [0.29, 0.717) is 6.04 Å². The standard InChI is InChI=1S/C10H19N3/c1-5-9(6-2)11-10-7(3)12-13-8(10)4/h9,11H,5-6H2,1-4H3,(H,12,13). The summed E-state index contributed by atoms with van der Waals surface area (Å²) in [5.41, 5.74) is 3.36. The Balaban J connectivity index is 2.72. The van der Waals surface area contributed by atoms with Crippen LogP contribution in [0.3, 0.4) is 0 Å². The monoisotopic (exact) mass is 181 g/mol. The molecule has 0 saturated carbocycles. The van der Waals surface area contributed by atoms with Crippen molar-refractivity contribution in [1.82, 2.24) is 10.2 Å². The molecular weight excluding hydrogens is 162 g/mol. The van der Waals surface area contributed by atoms with Gasteiger partial charge in [0.15, 0.2) is 0 Å². The lowest BCUT2D eigenvalue weighted by molar-refractivity contribution is 0.670. The van der Waals surface area contributed by atoms with Gasteiger partial charge < -0.3 is 5.32 Å². The number of rotatable bonds is 4. The number of aromatic amines is 1. The van der Waals surface area contributed by atoms with Crippen molar-refractivity contribution in [2.45, 2.75) is 46.6 Å². The van der Waals surface area contributed by atoms with E-state index >= 15 is 0 Å². The lowest BCUT2D eigenvalue weighted by Gasteiger charge is -2.15. The van der Waals surface area contributed by atoms with E-state index < -0.39 is 0 Å². The Morgan fingerprint density at radius 2 is 1.92 bits per heavy atom. The molecule has 0 atom stereocenters. The predicted molar refractivity (Wildman–Crippen MR) is 56.1 cm³/mol. The van der Waals surface area contributed by atoms with Crippen LogP contribution < -0.4 is 5.32 Å². The van der Waals surface area contributed by atoms with Crippen LogP contribution in [0.25, 0.3) is 0 Å². The first-order chi connectivity index (χ1) is 6.19. The van der Waals surface area contributed by atoms with Gasteiger partial charge in [0.2, 0.25) is 0 Å². The molecule has 0 saturated heterocycles. The van der Waals surface area contributed by atoms with Gasteiger partial charge in [0.05, 0.1) is 17.1 Å². The average Bonchev–Trinajstić information content (AvgIpc) is 2.44. The van der Waals surface area contributed by atoms with E-state index in [1.165, 1.54) is 5.69 Å². The molecule has 3 heteroatoms. The minimum atomic E-state index is 0.565. The number of nitrogens with zero attached hydrogens (tertiary/aromatic N) is 1. The molecule has 0 aliphatic heterocycles. The quantitative estimate of drug-likeness (QED) is 0.749. The Bertz CT molecular complexity index is 242. The van der Waals surface area contributed by atoms with Crippen LogP contribution >= 0.6 is 0 Å². The molecule has 1 aromatic heterocycles. The summed E-state index contributed by atoms with van der Waals surface area (Å²) in [5.74, 6) is 0. The van der Waals surface area contributed by atoms with Gasteiger partial charge in [0.25, 0.3) is 0 Å². The first-order valence-corrected chi connectivity index (χ1v) is 4.97. The molecule has 0 spiro atoms. The maximum absolute atomic E-state index is 4.15. The Labute approximate surface area is 79.9 Å². The highest BCUT2D eigenvalue weighted by Crippen LogP contribution is 2.18. The largest absolute Gasteiger partial charge is 0.379 e. The minimum Gasteiger partial charge on any atom is -0.379 e. The number of hydrogen-bond acceptors (Lipinski definition) is 2. The van der Waals surface area contributed by atoms with E-state index in [4.69, 9.17) is 0 Å². The number of H-pyrrole nitrogens is 1. The molecule has 0 fully saturated rings. The number of aromatic nitrogens is 2. The fourth-order valence-corrected chi connectivity index (χ4v) is 1.46. The molecule has 0 aliphatic carbocycles. The zero-order chi connectivity index (χ0) is 9.84. The van der Waals surface area contributed by atoms with Crippen molar-refractivity contribution in [3.8, 4) is 0 Å². The van der Waals surface area contributed by atoms with E-state index in [1.807, 2.05) is 13.8 Å². The van der Waals surface area contributed by atoms with Crippen molar-refractivity contribution in [1.29, 1.82) is 0 Å². The second-order valence-electron chi connectivity index (χ2n) is 3.47. The summed E-state index contributed by atoms with van der Waals surface area (Å²) in [6.07, 6.45) is 2.31. The molecule has 0 aliphatic rings. The summed E-state index contributed by atoms with van der Waals surface area (Å²) in [7, 11) is 0. The number of anilines is 1. The lowest BCUT2D eigenvalue weighted by atomic mass is 10.1. The fraction of sp³-hybridized carbons (Fsp3) is 0.700. The van der Waals surface area contributed by atoms with Gasteiger partial charge >= 0.3 is 0 Å². The van der Waals surface area contributed by atoms with Gasteiger partial charge in [0.1, 0.15) is 0 Å². The molecule has 0 bridgehead atoms. The van der Waals surface area contributed by atoms with Crippen LogP contribution in [0, 0.1) is 13.8 Å². The van der Waals surface area contributed by atoms with Gasteiger partial charge in [-0.25, -0.2) is 0 Å². The number of hydrogen-bond donors (Lipinski definition) is 2. The van der Waals surface area contributed by atoms with E-state index in [9.17, 15) is 0 Å². The van der Waals surface area contributed by atoms with Crippen LogP contribution in [0.5, 0.6) is 0 Å². The average molecular weight is 181 g/mol. The van der Waals surface area contributed by atoms with Crippen LogP contribution in [-0.2, 0) is 0 Å². The van der Waals surface area contributed by atoms with Gasteiger partial charge in [-0.3, -0.25) is 5.10 Å². The molecule has 13 heavy (non-hydrogen) atoms. The van der Waals surface area contributed by atoms with E-state index in [1.54, 1.807) is 0 Å². The van der Waals surface area contributed by atoms with E-state index in [-0.39, 0.29) is 0 Å². The summed E-state index contributed by atoms with van der Waals surface area (Å²) in [6, 6.07) is 0.565. The molecule has 0 amide bonds. The Hall–Kier alpha value is -0.990. The summed E-state index contributed by atoms with van der Waals surface area (Å²) in [5, 5.41) is 10.6. The van der Waals surface area contributed by atoms with Crippen molar-refractivity contribution in [2.24, 2.45) is 0 Å². The van der Waals surface area contributed by atoms with Gasteiger partial charge in [-0.2, -0.15) is 5.10 Å². The number of aryl methyl sites for hydroxylation is 2. The highest BCUT2D eigenvalue weighted by molar-refractivity contribution is 5.51. The fourth-order valence-electron chi connectivity index (χ4n) is 1.46. The normalized spacial score (nSPS) is 10.8. The highest BCUT2D eigenvalue weighted by Gasteiger charge is 2.09. The van der Waals surface area contributed by atoms with Crippen LogP contribution in [-0.4, -0.2) is 16.2 Å². The van der Waals surface area contributed by atoms with E-state index in [0.717, 1.165) is 24.2 Å². The number of nitrogens with one attached hydrogen (secondary N) is 2. The molecule has 0 aromatic carbocycles. The SMILES string of the molecule is CCC(CC)Nc1c(C)n[nH]c1C. The van der Waals surface area contributed by atoms with Gasteiger partial charge in [0, 0.05) is 6.04 Å². The Kier molecular flexibility index (Phi) is 3.34. The Morgan fingerprint density at radius 1 is 1.31 bits per heavy atom. The van der Waals surface area contributed by atoms with Crippen molar-refractivity contribution < 1.29 is 0 Å². The van der Waals surface area contributed by atoms with Crippen molar-refractivity contribution in [3.05, 3.63) is 11.4 Å². The molecule has 0 radical (unpaired) electrons. The second-order valence-corrected chi connectivity index (χ2v) is 3.47. The zero-order valence-corrected chi connectivity index (χ0v) is 8.94. The zero-order valence-electron chi connectivity index (χ0n) is 8.94. The van der Waals surface area contributed by atoms with Gasteiger partial charge in [-0.1, -0.05) is 13.8 Å². The smallest absolute Gasteiger partial charge is 0.0825 e. The predicted octanol–water partition coefficient (Wildman–Crippen LogP) is 2.63. The van der Waals surface area contributed by atoms with Gasteiger partial charge in [-0.05, 0) is 26.7 Å². The Morgan fingerprint density at radius 3 is 2.31 bits per heavy atom. The minimum absolute atomic E-state index is 0.565. The van der Waals surface area contributed by atoms with Crippen molar-refractivity contribution in [2.75, 3.05) is 5.32 Å². The molecule has 1 heterocycles. The topological polar surface area (TPSA) is 40.7 Å². The third-order valence-electron chi connectivity index (χ3n) is 2.46. The maximum atomic E-state index is 4.15. The molecule has 3 nitrogen and oxygen atoms in total. The van der Waals surface area contributed by atoms with Crippen LogP contribution in [0.4, 0.5) is 5.69 Å². The summed E-state index contributed by atoms with van der Waals surface area (Å²) < 4.78 is 0. The van der Waals surface area contributed by atoms with Crippen molar-refractivity contribution in [3.63, 3.8) is 0 Å². The first-order valence-electron chi connectivity index (χ1n) is 4.97. The highest BCUT2D eigenvalue weighted by atomic mass is 15.2. The van der Waals surface area contributed by atoms with Crippen molar-refractivity contribution >= 4 is 5.69 Å². The summed E-state index contributed by atoms with van der Waals surface area (Å²) in [4.78, 5) is 0. The molecular formula is C10H19N3. The molecule has 1 aromatic rings. The van der Waals surface area contributed by atoms with E-state index in [2.05, 4.69) is 29.4 Å². The van der Waals surface area contributed by atoms with Crippen LogP contribution in [0.15, 0.2) is 0 Å². The molecule has 2 N–H and O–H groups in total. The molecule has 1 rings (SSSR count). The van der Waals surface area contributed by atoms with Crippen LogP contribution in [0.2, 0.25) is 0 Å². The maximum Gasteiger partial charge on any atom is 0.0825 e. The third kappa shape index (κ3) is 2.23. The molecule has 0 unspecified atom stereocenters. The summed E-state index contributed by atoms with van der Waals surface area (Å²) in [6.45, 7) is 8.47. The second kappa shape index (κ2) is 4.30. The third-order valence-corrected chi connectivity index (χ3v) is 2.46. The summed E-state index contributed by atoms with van der Waals surface area (Å²) >= 11 is 0. The van der Waals surface area contributed by atoms with Crippen LogP contribution in [0.1, 0.15) is 38.1 Å².